The van der Waals surface area contributed by atoms with E-state index in [9.17, 15) is 38.7 Å². The van der Waals surface area contributed by atoms with E-state index in [0.717, 1.165) is 16.5 Å². The van der Waals surface area contributed by atoms with Crippen molar-refractivity contribution in [2.45, 2.75) is 125 Å². The van der Waals surface area contributed by atoms with Crippen LogP contribution in [0.2, 0.25) is 0 Å². The number of fused-ring (bicyclic) bond motifs is 1. The highest BCUT2D eigenvalue weighted by Gasteiger charge is 2.45. The standard InChI is InChI=1S/C50H68N12O8/c51-26-10-9-18-38(43(53)65)58-47(69)41(29-34-30-57-37-17-8-7-16-35(34)37)60-45(67)39(19-11-27-56-49(54)55)59-46(68)40(28-31-12-3-1-4-13-31)61-48(70)50(62-44(66)36(52)20-21-42(63)64)24-22-33(23-25-50)32-14-5-2-6-15-32/h1-8,12-17,30,33,36,38-41,57H,9-11,18-29,51-52H2,(H2,53,65)(H,58,69)(H,59,68)(H,60,67)(H,61,70)(H,62,66)(H,63,64)(H4,54,55,56)/t33?,36-,38-,39-,40+,41-,50?/m0/s1. The smallest absolute Gasteiger partial charge is 0.303 e. The highest BCUT2D eigenvalue weighted by atomic mass is 16.4. The second-order valence-corrected chi connectivity index (χ2v) is 17.9. The molecule has 1 aromatic heterocycles. The molecule has 1 saturated carbocycles. The zero-order valence-electron chi connectivity index (χ0n) is 39.4. The molecular weight excluding hydrogens is 897 g/mol. The van der Waals surface area contributed by atoms with Crippen molar-refractivity contribution in [3.05, 3.63) is 108 Å². The summed E-state index contributed by atoms with van der Waals surface area (Å²) < 4.78 is 0. The first-order valence-corrected chi connectivity index (χ1v) is 23.8. The molecule has 3 aromatic carbocycles. The molecule has 1 aliphatic rings. The number of aromatic nitrogens is 1. The Morgan fingerprint density at radius 2 is 1.27 bits per heavy atom. The van der Waals surface area contributed by atoms with Crippen LogP contribution in [0.25, 0.3) is 10.9 Å². The number of aliphatic imine (C=N–C) groups is 1. The van der Waals surface area contributed by atoms with Crippen molar-refractivity contribution >= 4 is 58.3 Å². The van der Waals surface area contributed by atoms with Gasteiger partial charge in [-0.1, -0.05) is 78.9 Å². The third-order valence-electron chi connectivity index (χ3n) is 12.7. The number of hydrogen-bond donors (Lipinski definition) is 12. The first-order valence-electron chi connectivity index (χ1n) is 23.8. The van der Waals surface area contributed by atoms with Gasteiger partial charge >= 0.3 is 5.97 Å². The molecule has 4 aromatic rings. The lowest BCUT2D eigenvalue weighted by Crippen LogP contribution is -2.65. The zero-order chi connectivity index (χ0) is 50.6. The van der Waals surface area contributed by atoms with E-state index in [0.29, 0.717) is 43.4 Å². The minimum Gasteiger partial charge on any atom is -0.481 e. The molecule has 70 heavy (non-hydrogen) atoms. The molecule has 376 valence electrons. The van der Waals surface area contributed by atoms with E-state index in [1.165, 1.54) is 0 Å². The molecular formula is C50H68N12O8. The van der Waals surface area contributed by atoms with E-state index in [1.807, 2.05) is 54.6 Å². The van der Waals surface area contributed by atoms with Gasteiger partial charge in [-0.3, -0.25) is 38.6 Å². The Hall–Kier alpha value is -7.32. The Bertz CT molecular complexity index is 2420. The summed E-state index contributed by atoms with van der Waals surface area (Å²) in [4.78, 5) is 103. The number of amides is 6. The summed E-state index contributed by atoms with van der Waals surface area (Å²) in [5.74, 6) is -5.55. The van der Waals surface area contributed by atoms with Gasteiger partial charge in [-0.2, -0.15) is 0 Å². The van der Waals surface area contributed by atoms with Crippen LogP contribution in [0.1, 0.15) is 93.2 Å². The van der Waals surface area contributed by atoms with Crippen LogP contribution in [0.5, 0.6) is 0 Å². The van der Waals surface area contributed by atoms with Crippen LogP contribution in [-0.2, 0) is 46.4 Å². The minimum atomic E-state index is -1.54. The number of aromatic amines is 1. The largest absolute Gasteiger partial charge is 0.481 e. The van der Waals surface area contributed by atoms with Gasteiger partial charge in [-0.15, -0.1) is 0 Å². The van der Waals surface area contributed by atoms with Crippen molar-refractivity contribution in [3.8, 4) is 0 Å². The lowest BCUT2D eigenvalue weighted by molar-refractivity contribution is -0.139. The van der Waals surface area contributed by atoms with E-state index in [2.05, 4.69) is 36.6 Å². The number of rotatable bonds is 27. The summed E-state index contributed by atoms with van der Waals surface area (Å²) in [6.45, 7) is 0.470. The van der Waals surface area contributed by atoms with Crippen molar-refractivity contribution in [1.29, 1.82) is 0 Å². The number of primary amides is 1. The number of H-pyrrole nitrogens is 1. The van der Waals surface area contributed by atoms with Crippen LogP contribution < -0.4 is 55.3 Å². The minimum absolute atomic E-state index is 0.0140. The number of nitrogens with zero attached hydrogens (tertiary/aromatic N) is 1. The summed E-state index contributed by atoms with van der Waals surface area (Å²) >= 11 is 0. The molecule has 0 spiro atoms. The predicted octanol–water partition coefficient (Wildman–Crippen LogP) is 0.965. The Kier molecular flexibility index (Phi) is 20.3. The molecule has 20 heteroatoms. The Morgan fingerprint density at radius 3 is 1.91 bits per heavy atom. The van der Waals surface area contributed by atoms with Crippen molar-refractivity contribution in [3.63, 3.8) is 0 Å². The van der Waals surface area contributed by atoms with Gasteiger partial charge < -0.3 is 65.3 Å². The Labute approximate surface area is 407 Å². The number of para-hydroxylation sites is 1. The number of unbranched alkanes of at least 4 members (excludes halogenated alkanes) is 1. The number of carbonyl (C=O) groups is 7. The number of carbonyl (C=O) groups excluding carboxylic acids is 6. The molecule has 0 aliphatic heterocycles. The number of nitrogens with two attached hydrogens (primary N) is 5. The molecule has 1 fully saturated rings. The molecule has 0 bridgehead atoms. The number of benzene rings is 3. The van der Waals surface area contributed by atoms with Crippen LogP contribution in [-0.4, -0.2) is 106 Å². The van der Waals surface area contributed by atoms with Gasteiger partial charge in [0, 0.05) is 42.9 Å². The molecule has 6 amide bonds. The average Bonchev–Trinajstić information content (AvgIpc) is 3.76. The first kappa shape index (κ1) is 53.6. The molecule has 5 atom stereocenters. The van der Waals surface area contributed by atoms with Crippen molar-refractivity contribution in [1.82, 2.24) is 31.6 Å². The third-order valence-corrected chi connectivity index (χ3v) is 12.7. The van der Waals surface area contributed by atoms with E-state index in [1.54, 1.807) is 36.5 Å². The molecule has 0 saturated heterocycles. The van der Waals surface area contributed by atoms with Crippen LogP contribution >= 0.6 is 0 Å². The van der Waals surface area contributed by atoms with E-state index < -0.39 is 77.2 Å². The fourth-order valence-electron chi connectivity index (χ4n) is 8.77. The fraction of sp³-hybridized carbons (Fsp3) is 0.440. The molecule has 5 rings (SSSR count). The fourth-order valence-corrected chi connectivity index (χ4v) is 8.77. The van der Waals surface area contributed by atoms with Gasteiger partial charge in [-0.25, -0.2) is 0 Å². The number of carboxylic acid groups (broad SMARTS) is 1. The lowest BCUT2D eigenvalue weighted by atomic mass is 9.73. The molecule has 0 unspecified atom stereocenters. The van der Waals surface area contributed by atoms with Crippen molar-refractivity contribution in [2.24, 2.45) is 33.7 Å². The summed E-state index contributed by atoms with van der Waals surface area (Å²) in [6, 6.07) is 19.9. The number of guanidine groups is 1. The van der Waals surface area contributed by atoms with Crippen LogP contribution in [0, 0.1) is 0 Å². The maximum atomic E-state index is 14.8. The van der Waals surface area contributed by atoms with Gasteiger partial charge in [0.25, 0.3) is 0 Å². The summed E-state index contributed by atoms with van der Waals surface area (Å²) in [5, 5.41) is 24.2. The third kappa shape index (κ3) is 15.9. The molecule has 1 aliphatic carbocycles. The van der Waals surface area contributed by atoms with Crippen molar-refractivity contribution < 1.29 is 38.7 Å². The van der Waals surface area contributed by atoms with Gasteiger partial charge in [0.15, 0.2) is 5.96 Å². The lowest BCUT2D eigenvalue weighted by Gasteiger charge is -2.41. The SMILES string of the molecule is NCCCC[C@H](NC(=O)[C@H](Cc1c[nH]c2ccccc12)NC(=O)[C@H](CCCN=C(N)N)NC(=O)[C@@H](Cc1ccccc1)NC(=O)C1(NC(=O)[C@@H](N)CCC(=O)O)CCC(c2ccccc2)CC1)C(N)=O. The van der Waals surface area contributed by atoms with Gasteiger partial charge in [-0.05, 0) is 99.4 Å². The summed E-state index contributed by atoms with van der Waals surface area (Å²) in [6.07, 6.45) is 4.01. The monoisotopic (exact) mass is 965 g/mol. The summed E-state index contributed by atoms with van der Waals surface area (Å²) in [7, 11) is 0. The number of hydrogen-bond acceptors (Lipinski definition) is 10. The Morgan fingerprint density at radius 1 is 0.686 bits per heavy atom. The van der Waals surface area contributed by atoms with E-state index in [-0.39, 0.29) is 76.2 Å². The number of nitrogens with one attached hydrogen (secondary N) is 6. The maximum absolute atomic E-state index is 14.8. The number of aliphatic carboxylic acids is 1. The molecule has 0 radical (unpaired) electrons. The number of carboxylic acids is 1. The first-order chi connectivity index (χ1) is 33.6. The predicted molar refractivity (Wildman–Crippen MR) is 265 cm³/mol. The molecule has 20 nitrogen and oxygen atoms in total. The Balaban J connectivity index is 1.45. The zero-order valence-corrected chi connectivity index (χ0v) is 39.4. The van der Waals surface area contributed by atoms with Crippen molar-refractivity contribution in [2.75, 3.05) is 13.1 Å². The second kappa shape index (κ2) is 26.4. The molecule has 17 N–H and O–H groups in total. The van der Waals surface area contributed by atoms with E-state index in [4.69, 9.17) is 28.7 Å². The maximum Gasteiger partial charge on any atom is 0.303 e. The quantitative estimate of drug-likeness (QED) is 0.0226. The second-order valence-electron chi connectivity index (χ2n) is 17.9. The van der Waals surface area contributed by atoms with E-state index >= 15 is 0 Å². The van der Waals surface area contributed by atoms with Crippen LogP contribution in [0.3, 0.4) is 0 Å². The van der Waals surface area contributed by atoms with Crippen LogP contribution in [0.15, 0.2) is 96.1 Å². The topological polar surface area (TPSA) is 358 Å². The van der Waals surface area contributed by atoms with Gasteiger partial charge in [0.05, 0.1) is 6.04 Å². The summed E-state index contributed by atoms with van der Waals surface area (Å²) in [5.41, 5.74) is 30.4. The van der Waals surface area contributed by atoms with Crippen LogP contribution in [0.4, 0.5) is 0 Å². The highest BCUT2D eigenvalue weighted by Crippen LogP contribution is 2.38. The highest BCUT2D eigenvalue weighted by molar-refractivity contribution is 5.98. The van der Waals surface area contributed by atoms with Gasteiger partial charge in [0.1, 0.15) is 29.7 Å². The molecule has 1 heterocycles. The van der Waals surface area contributed by atoms with Gasteiger partial charge in [0.2, 0.25) is 35.4 Å². The normalized spacial score (nSPS) is 17.7. The average molecular weight is 965 g/mol.